The van der Waals surface area contributed by atoms with Gasteiger partial charge in [-0.15, -0.1) is 0 Å². The van der Waals surface area contributed by atoms with Gasteiger partial charge in [-0.3, -0.25) is 4.90 Å². The van der Waals surface area contributed by atoms with Crippen LogP contribution < -0.4 is 0 Å². The number of piperidine rings is 3. The van der Waals surface area contributed by atoms with Crippen LogP contribution in [0.3, 0.4) is 0 Å². The molecule has 1 nitrogen and oxygen atoms in total. The highest BCUT2D eigenvalue weighted by Gasteiger charge is 2.53. The Labute approximate surface area is 168 Å². The van der Waals surface area contributed by atoms with E-state index in [0.717, 1.165) is 12.3 Å². The van der Waals surface area contributed by atoms with Gasteiger partial charge in [0.25, 0.3) is 0 Å². The Morgan fingerprint density at radius 2 is 1.25 bits per heavy atom. The van der Waals surface area contributed by atoms with Crippen LogP contribution in [-0.4, -0.2) is 24.0 Å². The minimum Gasteiger partial charge on any atom is -0.299 e. The highest BCUT2D eigenvalue weighted by atomic mass is 15.2. The fraction of sp³-hybridized carbons (Fsp3) is 0.333. The summed E-state index contributed by atoms with van der Waals surface area (Å²) in [6.45, 7) is 2.52. The minimum atomic E-state index is -0.0637. The monoisotopic (exact) mass is 365 g/mol. The molecule has 3 aliphatic heterocycles. The first-order valence-corrected chi connectivity index (χ1v) is 10.8. The van der Waals surface area contributed by atoms with Crippen LogP contribution in [0.15, 0.2) is 78.9 Å². The van der Waals surface area contributed by atoms with E-state index in [-0.39, 0.29) is 5.41 Å². The van der Waals surface area contributed by atoms with Crippen molar-refractivity contribution in [2.75, 3.05) is 13.1 Å². The van der Waals surface area contributed by atoms with Crippen molar-refractivity contribution in [3.63, 3.8) is 0 Å². The molecule has 0 N–H and O–H groups in total. The highest BCUT2D eigenvalue weighted by molar-refractivity contribution is 5.63. The maximum absolute atomic E-state index is 2.81. The zero-order valence-electron chi connectivity index (χ0n) is 16.4. The zero-order chi connectivity index (χ0) is 18.6. The van der Waals surface area contributed by atoms with Crippen LogP contribution in [0, 0.1) is 5.92 Å². The molecule has 1 heteroatoms. The Bertz CT molecular complexity index is 924. The van der Waals surface area contributed by atoms with Crippen LogP contribution in [0.5, 0.6) is 0 Å². The molecule has 28 heavy (non-hydrogen) atoms. The van der Waals surface area contributed by atoms with E-state index in [1.807, 2.05) is 0 Å². The smallest absolute Gasteiger partial charge is 0.0612 e. The summed E-state index contributed by atoms with van der Waals surface area (Å²) in [5, 5.41) is 0. The maximum atomic E-state index is 2.81. The Morgan fingerprint density at radius 3 is 1.71 bits per heavy atom. The number of hydrogen-bond acceptors (Lipinski definition) is 1. The van der Waals surface area contributed by atoms with Gasteiger partial charge in [0.1, 0.15) is 0 Å². The second-order valence-corrected chi connectivity index (χ2v) is 8.90. The van der Waals surface area contributed by atoms with Crippen LogP contribution in [0.1, 0.15) is 47.1 Å². The molecular weight excluding hydrogens is 338 g/mol. The first kappa shape index (κ1) is 16.6. The molecule has 5 aliphatic rings. The number of nitrogens with zero attached hydrogens (tertiary/aromatic N) is 1. The summed E-state index contributed by atoms with van der Waals surface area (Å²) in [6.07, 6.45) is 5.22. The lowest BCUT2D eigenvalue weighted by Crippen LogP contribution is -2.60. The number of rotatable bonds is 4. The second kappa shape index (κ2) is 6.32. The molecule has 3 aromatic rings. The predicted molar refractivity (Wildman–Crippen MR) is 115 cm³/mol. The van der Waals surface area contributed by atoms with Gasteiger partial charge in [-0.1, -0.05) is 78.9 Å². The van der Waals surface area contributed by atoms with E-state index >= 15 is 0 Å². The van der Waals surface area contributed by atoms with Crippen LogP contribution in [0.2, 0.25) is 0 Å². The Kier molecular flexibility index (Phi) is 3.74. The SMILES string of the molecule is C1=CC2=C(C(c3ccccc3)(c3ccccc3)C3CC4CCN3CC4)C(=C1)C2. The summed E-state index contributed by atoms with van der Waals surface area (Å²) >= 11 is 0. The molecule has 0 saturated carbocycles. The van der Waals surface area contributed by atoms with Crippen LogP contribution in [0.4, 0.5) is 0 Å². The molecule has 3 fully saturated rings. The van der Waals surface area contributed by atoms with E-state index in [9.17, 15) is 0 Å². The average molecular weight is 366 g/mol. The Hall–Kier alpha value is -2.38. The number of fused-ring (bicyclic) bond motifs is 5. The Balaban J connectivity index is 1.67. The molecule has 3 heterocycles. The molecule has 3 aromatic carbocycles. The van der Waals surface area contributed by atoms with E-state index in [1.54, 1.807) is 16.7 Å². The molecule has 0 spiro atoms. The van der Waals surface area contributed by atoms with Crippen molar-refractivity contribution in [1.29, 1.82) is 0 Å². The molecule has 140 valence electrons. The van der Waals surface area contributed by atoms with E-state index in [0.29, 0.717) is 6.04 Å². The fourth-order valence-corrected chi connectivity index (χ4v) is 6.38. The van der Waals surface area contributed by atoms with Gasteiger partial charge >= 0.3 is 0 Å². The van der Waals surface area contributed by atoms with Gasteiger partial charge in [0.2, 0.25) is 0 Å². The van der Waals surface area contributed by atoms with Gasteiger partial charge in [-0.05, 0) is 72.5 Å². The summed E-state index contributed by atoms with van der Waals surface area (Å²) in [5.74, 6) is 0.886. The Morgan fingerprint density at radius 1 is 0.679 bits per heavy atom. The lowest BCUT2D eigenvalue weighted by Gasteiger charge is -2.56. The van der Waals surface area contributed by atoms with Crippen molar-refractivity contribution in [3.05, 3.63) is 107 Å². The van der Waals surface area contributed by atoms with Gasteiger partial charge < -0.3 is 0 Å². The summed E-state index contributed by atoms with van der Waals surface area (Å²) in [5.41, 5.74) is 7.57. The van der Waals surface area contributed by atoms with Gasteiger partial charge in [0.05, 0.1) is 5.41 Å². The first-order valence-electron chi connectivity index (χ1n) is 10.8. The maximum Gasteiger partial charge on any atom is 0.0612 e. The van der Waals surface area contributed by atoms with E-state index in [1.165, 1.54) is 43.5 Å². The molecule has 8 rings (SSSR count). The minimum absolute atomic E-state index is 0.0637. The molecule has 3 saturated heterocycles. The third kappa shape index (κ3) is 2.23. The number of hydrogen-bond donors (Lipinski definition) is 0. The molecule has 0 amide bonds. The van der Waals surface area contributed by atoms with Crippen LogP contribution >= 0.6 is 0 Å². The molecule has 0 radical (unpaired) electrons. The molecule has 0 aromatic heterocycles. The quantitative estimate of drug-likeness (QED) is 0.437. The summed E-state index contributed by atoms with van der Waals surface area (Å²) in [4.78, 5) is 2.81. The van der Waals surface area contributed by atoms with Crippen molar-refractivity contribution >= 4 is 0 Å². The third-order valence-electron chi connectivity index (χ3n) is 7.62. The van der Waals surface area contributed by atoms with Crippen molar-refractivity contribution in [1.82, 2.24) is 4.90 Å². The van der Waals surface area contributed by atoms with Crippen molar-refractivity contribution in [3.8, 4) is 0 Å². The average Bonchev–Trinajstić information content (AvgIpc) is 2.79. The zero-order valence-corrected chi connectivity index (χ0v) is 16.4. The van der Waals surface area contributed by atoms with Crippen LogP contribution in [-0.2, 0) is 11.8 Å². The second-order valence-electron chi connectivity index (χ2n) is 8.90. The lowest BCUT2D eigenvalue weighted by atomic mass is 9.55. The van der Waals surface area contributed by atoms with Gasteiger partial charge in [-0.2, -0.15) is 0 Å². The summed E-state index contributed by atoms with van der Waals surface area (Å²) in [6, 6.07) is 30.3. The summed E-state index contributed by atoms with van der Waals surface area (Å²) in [7, 11) is 0. The van der Waals surface area contributed by atoms with E-state index in [4.69, 9.17) is 0 Å². The molecule has 1 unspecified atom stereocenters. The normalized spacial score (nSPS) is 25.4. The first-order chi connectivity index (χ1) is 13.9. The van der Waals surface area contributed by atoms with Crippen molar-refractivity contribution in [2.45, 2.75) is 37.1 Å². The van der Waals surface area contributed by atoms with Crippen LogP contribution in [0.25, 0.3) is 0 Å². The topological polar surface area (TPSA) is 3.24 Å². The standard InChI is InChI=1S/C27H27N/c1-3-10-23(11-4-1)27(24-12-5-2-6-13-24,26-21-8-7-9-22(26)19-21)25-18-20-14-16-28(25)17-15-20/h1-13,20,25H,14-19H2. The molecule has 4 bridgehead atoms. The van der Waals surface area contributed by atoms with E-state index in [2.05, 4.69) is 83.8 Å². The third-order valence-corrected chi connectivity index (χ3v) is 7.62. The predicted octanol–water partition coefficient (Wildman–Crippen LogP) is 5.41. The largest absolute Gasteiger partial charge is 0.299 e. The fourth-order valence-electron chi connectivity index (χ4n) is 6.38. The summed E-state index contributed by atoms with van der Waals surface area (Å²) < 4.78 is 0. The molecule has 2 aliphatic carbocycles. The number of benzene rings is 3. The van der Waals surface area contributed by atoms with Gasteiger partial charge in [0, 0.05) is 6.04 Å². The van der Waals surface area contributed by atoms with Gasteiger partial charge in [0.15, 0.2) is 0 Å². The molecular formula is C27H27N. The van der Waals surface area contributed by atoms with Crippen molar-refractivity contribution in [2.24, 2.45) is 5.92 Å². The lowest BCUT2D eigenvalue weighted by molar-refractivity contribution is 0.0229. The van der Waals surface area contributed by atoms with E-state index < -0.39 is 0 Å². The van der Waals surface area contributed by atoms with Crippen molar-refractivity contribution < 1.29 is 0 Å². The van der Waals surface area contributed by atoms with Gasteiger partial charge in [-0.25, -0.2) is 0 Å². The highest BCUT2D eigenvalue weighted by Crippen LogP contribution is 2.54. The molecule has 1 atom stereocenters.